The smallest absolute Gasteiger partial charge is 0.227 e. The fraction of sp³-hybridized carbons (Fsp3) is 0.125. The van der Waals surface area contributed by atoms with E-state index in [9.17, 15) is 8.42 Å². The standard InChI is InChI=1S/C24H21NO3S/c1-3-17-9-7-8-12-21(17)24-25-22(18-10-5-4-6-11-18)23(28-24)19-13-15-20(16-14-19)29(2,26)27/h4-16H,3H2,1-2H3. The molecule has 3 aromatic carbocycles. The average molecular weight is 404 g/mol. The quantitative estimate of drug-likeness (QED) is 0.432. The minimum atomic E-state index is -3.26. The largest absolute Gasteiger partial charge is 0.435 e. The molecule has 0 atom stereocenters. The molecule has 0 N–H and O–H groups in total. The van der Waals surface area contributed by atoms with Crippen molar-refractivity contribution in [2.24, 2.45) is 0 Å². The van der Waals surface area contributed by atoms with Gasteiger partial charge in [-0.25, -0.2) is 13.4 Å². The predicted octanol–water partition coefficient (Wildman–Crippen LogP) is 5.64. The Hall–Kier alpha value is -3.18. The number of hydrogen-bond acceptors (Lipinski definition) is 4. The van der Waals surface area contributed by atoms with Crippen LogP contribution in [0.2, 0.25) is 0 Å². The summed E-state index contributed by atoms with van der Waals surface area (Å²) in [6.45, 7) is 2.10. The highest BCUT2D eigenvalue weighted by Gasteiger charge is 2.19. The van der Waals surface area contributed by atoms with E-state index >= 15 is 0 Å². The first-order chi connectivity index (χ1) is 14.0. The van der Waals surface area contributed by atoms with Gasteiger partial charge in [-0.3, -0.25) is 0 Å². The summed E-state index contributed by atoms with van der Waals surface area (Å²) in [4.78, 5) is 5.10. The SMILES string of the molecule is CCc1ccccc1-c1nc(-c2ccccc2)c(-c2ccc(S(C)(=O)=O)cc2)o1. The molecule has 4 rings (SSSR count). The van der Waals surface area contributed by atoms with E-state index in [1.54, 1.807) is 24.3 Å². The van der Waals surface area contributed by atoms with E-state index in [0.29, 0.717) is 11.7 Å². The fourth-order valence-corrected chi connectivity index (χ4v) is 3.94. The molecule has 4 aromatic rings. The number of nitrogens with zero attached hydrogens (tertiary/aromatic N) is 1. The van der Waals surface area contributed by atoms with Crippen LogP contribution in [0.25, 0.3) is 34.0 Å². The number of aromatic nitrogens is 1. The Bertz CT molecular complexity index is 1240. The molecule has 29 heavy (non-hydrogen) atoms. The van der Waals surface area contributed by atoms with Gasteiger partial charge in [0.1, 0.15) is 5.69 Å². The molecule has 0 radical (unpaired) electrons. The lowest BCUT2D eigenvalue weighted by atomic mass is 10.1. The summed E-state index contributed by atoms with van der Waals surface area (Å²) in [7, 11) is -3.26. The molecule has 0 fully saturated rings. The molecular weight excluding hydrogens is 382 g/mol. The number of rotatable bonds is 5. The number of hydrogen-bond donors (Lipinski definition) is 0. The van der Waals surface area contributed by atoms with Crippen LogP contribution in [0.5, 0.6) is 0 Å². The Morgan fingerprint density at radius 2 is 1.48 bits per heavy atom. The molecule has 4 nitrogen and oxygen atoms in total. The van der Waals surface area contributed by atoms with Crippen molar-refractivity contribution in [1.29, 1.82) is 0 Å². The second-order valence-electron chi connectivity index (χ2n) is 6.87. The van der Waals surface area contributed by atoms with Gasteiger partial charge in [-0.15, -0.1) is 0 Å². The molecule has 0 spiro atoms. The van der Waals surface area contributed by atoms with E-state index in [0.717, 1.165) is 34.4 Å². The fourth-order valence-electron chi connectivity index (χ4n) is 3.31. The summed E-state index contributed by atoms with van der Waals surface area (Å²) in [5.41, 5.74) is 4.58. The zero-order chi connectivity index (χ0) is 20.4. The van der Waals surface area contributed by atoms with Crippen molar-refractivity contribution in [3.8, 4) is 34.0 Å². The van der Waals surface area contributed by atoms with Crippen LogP contribution in [0, 0.1) is 0 Å². The molecule has 0 aliphatic rings. The van der Waals surface area contributed by atoms with Crippen molar-refractivity contribution >= 4 is 9.84 Å². The third-order valence-electron chi connectivity index (χ3n) is 4.85. The van der Waals surface area contributed by atoms with Gasteiger partial charge in [0.25, 0.3) is 0 Å². The lowest BCUT2D eigenvalue weighted by molar-refractivity contribution is 0.588. The van der Waals surface area contributed by atoms with E-state index in [4.69, 9.17) is 9.40 Å². The van der Waals surface area contributed by atoms with Crippen molar-refractivity contribution < 1.29 is 12.8 Å². The highest BCUT2D eigenvalue weighted by atomic mass is 32.2. The first-order valence-electron chi connectivity index (χ1n) is 9.42. The van der Waals surface area contributed by atoms with E-state index in [1.165, 1.54) is 6.26 Å². The predicted molar refractivity (Wildman–Crippen MR) is 115 cm³/mol. The van der Waals surface area contributed by atoms with Crippen molar-refractivity contribution in [3.63, 3.8) is 0 Å². The molecule has 0 amide bonds. The maximum absolute atomic E-state index is 11.8. The summed E-state index contributed by atoms with van der Waals surface area (Å²) in [5, 5.41) is 0. The van der Waals surface area contributed by atoms with Gasteiger partial charge < -0.3 is 4.42 Å². The number of aryl methyl sites for hydroxylation is 1. The van der Waals surface area contributed by atoms with E-state index < -0.39 is 9.84 Å². The van der Waals surface area contributed by atoms with Crippen LogP contribution >= 0.6 is 0 Å². The van der Waals surface area contributed by atoms with Crippen molar-refractivity contribution in [2.75, 3.05) is 6.26 Å². The Labute approximate surface area is 170 Å². The third-order valence-corrected chi connectivity index (χ3v) is 5.98. The lowest BCUT2D eigenvalue weighted by Crippen LogP contribution is -1.96. The maximum Gasteiger partial charge on any atom is 0.227 e. The zero-order valence-electron chi connectivity index (χ0n) is 16.3. The molecule has 0 saturated heterocycles. The summed E-state index contributed by atoms with van der Waals surface area (Å²) in [5.74, 6) is 1.18. The zero-order valence-corrected chi connectivity index (χ0v) is 17.1. The molecule has 5 heteroatoms. The van der Waals surface area contributed by atoms with Crippen LogP contribution in [0.1, 0.15) is 12.5 Å². The minimum Gasteiger partial charge on any atom is -0.435 e. The molecule has 0 aliphatic carbocycles. The van der Waals surface area contributed by atoms with E-state index in [1.807, 2.05) is 48.5 Å². The van der Waals surface area contributed by atoms with Crippen LogP contribution in [0.15, 0.2) is 88.2 Å². The highest BCUT2D eigenvalue weighted by Crippen LogP contribution is 2.37. The third kappa shape index (κ3) is 3.87. The lowest BCUT2D eigenvalue weighted by Gasteiger charge is -2.04. The van der Waals surface area contributed by atoms with E-state index in [-0.39, 0.29) is 4.90 Å². The first kappa shape index (κ1) is 19.2. The van der Waals surface area contributed by atoms with Gasteiger partial charge in [0.2, 0.25) is 5.89 Å². The first-order valence-corrected chi connectivity index (χ1v) is 11.3. The second-order valence-corrected chi connectivity index (χ2v) is 8.89. The van der Waals surface area contributed by atoms with Gasteiger partial charge in [0, 0.05) is 22.9 Å². The van der Waals surface area contributed by atoms with Crippen LogP contribution < -0.4 is 0 Å². The number of sulfone groups is 1. The Balaban J connectivity index is 1.89. The van der Waals surface area contributed by atoms with Crippen molar-refractivity contribution in [3.05, 3.63) is 84.4 Å². The molecule has 1 aromatic heterocycles. The molecule has 0 bridgehead atoms. The second kappa shape index (κ2) is 7.68. The summed E-state index contributed by atoms with van der Waals surface area (Å²) >= 11 is 0. The Morgan fingerprint density at radius 1 is 0.828 bits per heavy atom. The minimum absolute atomic E-state index is 0.276. The van der Waals surface area contributed by atoms with Crippen molar-refractivity contribution in [1.82, 2.24) is 4.98 Å². The molecular formula is C24H21NO3S. The monoisotopic (exact) mass is 403 g/mol. The number of oxazole rings is 1. The summed E-state index contributed by atoms with van der Waals surface area (Å²) < 4.78 is 29.8. The van der Waals surface area contributed by atoms with Gasteiger partial charge in [-0.2, -0.15) is 0 Å². The van der Waals surface area contributed by atoms with E-state index in [2.05, 4.69) is 13.0 Å². The Morgan fingerprint density at radius 3 is 2.14 bits per heavy atom. The topological polar surface area (TPSA) is 60.2 Å². The van der Waals surface area contributed by atoms with Gasteiger partial charge >= 0.3 is 0 Å². The van der Waals surface area contributed by atoms with Gasteiger partial charge in [0.15, 0.2) is 15.6 Å². The highest BCUT2D eigenvalue weighted by molar-refractivity contribution is 7.90. The van der Waals surface area contributed by atoms with Gasteiger partial charge in [0.05, 0.1) is 4.90 Å². The van der Waals surface area contributed by atoms with Crippen LogP contribution in [0.3, 0.4) is 0 Å². The molecule has 1 heterocycles. The average Bonchev–Trinajstić information content (AvgIpc) is 3.19. The van der Waals surface area contributed by atoms with Gasteiger partial charge in [-0.05, 0) is 42.3 Å². The summed E-state index contributed by atoms with van der Waals surface area (Å²) in [6.07, 6.45) is 2.07. The summed E-state index contributed by atoms with van der Waals surface area (Å²) in [6, 6.07) is 24.6. The molecule has 146 valence electrons. The van der Waals surface area contributed by atoms with Crippen LogP contribution in [0.4, 0.5) is 0 Å². The normalized spacial score (nSPS) is 11.5. The van der Waals surface area contributed by atoms with Crippen LogP contribution in [-0.2, 0) is 16.3 Å². The Kier molecular flexibility index (Phi) is 5.07. The van der Waals surface area contributed by atoms with Crippen molar-refractivity contribution in [2.45, 2.75) is 18.2 Å². The molecule has 0 aliphatic heterocycles. The molecule has 0 saturated carbocycles. The van der Waals surface area contributed by atoms with Crippen LogP contribution in [-0.4, -0.2) is 19.7 Å². The number of benzene rings is 3. The van der Waals surface area contributed by atoms with Gasteiger partial charge in [-0.1, -0.05) is 55.5 Å². The molecule has 0 unspecified atom stereocenters. The maximum atomic E-state index is 11.8.